The van der Waals surface area contributed by atoms with Crippen LogP contribution in [-0.2, 0) is 6.42 Å². The van der Waals surface area contributed by atoms with Crippen molar-refractivity contribution in [3.63, 3.8) is 0 Å². The first kappa shape index (κ1) is 16.2. The molecule has 118 valence electrons. The van der Waals surface area contributed by atoms with E-state index in [9.17, 15) is 0 Å². The Morgan fingerprint density at radius 2 is 1.48 bits per heavy atom. The van der Waals surface area contributed by atoms with Crippen LogP contribution in [0.1, 0.15) is 64.4 Å². The van der Waals surface area contributed by atoms with Crippen molar-refractivity contribution in [1.29, 1.82) is 0 Å². The van der Waals surface area contributed by atoms with Gasteiger partial charge in [0.2, 0.25) is 0 Å². The molecule has 3 rings (SSSR count). The van der Waals surface area contributed by atoms with Crippen molar-refractivity contribution in [3.8, 4) is 11.5 Å². The van der Waals surface area contributed by atoms with E-state index in [0.717, 1.165) is 37.6 Å². The second kappa shape index (κ2) is 8.96. The Hall–Kier alpha value is -1.18. The third-order valence-corrected chi connectivity index (χ3v) is 3.98. The van der Waals surface area contributed by atoms with Crippen LogP contribution in [0.4, 0.5) is 0 Å². The summed E-state index contributed by atoms with van der Waals surface area (Å²) >= 11 is 0. The van der Waals surface area contributed by atoms with E-state index in [0.29, 0.717) is 5.92 Å². The number of hydrogen-bond acceptors (Lipinski definition) is 2. The van der Waals surface area contributed by atoms with Crippen LogP contribution in [0, 0.1) is 5.92 Å². The Balaban J connectivity index is 2.07. The fraction of sp³-hybridized carbons (Fsp3) is 0.684. The minimum absolute atomic E-state index is 0.629. The largest absolute Gasteiger partial charge is 0.494 e. The molecular weight excluding hydrogens is 260 g/mol. The molecule has 2 nitrogen and oxygen atoms in total. The van der Waals surface area contributed by atoms with E-state index in [4.69, 9.17) is 9.47 Å². The van der Waals surface area contributed by atoms with Gasteiger partial charge in [0, 0.05) is 0 Å². The van der Waals surface area contributed by atoms with Crippen LogP contribution >= 0.6 is 0 Å². The number of ether oxygens (including phenoxy) is 2. The number of benzene rings is 1. The normalized spacial score (nSPS) is 17.7. The summed E-state index contributed by atoms with van der Waals surface area (Å²) in [6, 6.07) is 6.32. The third-order valence-electron chi connectivity index (χ3n) is 3.98. The van der Waals surface area contributed by atoms with Crippen LogP contribution in [0.15, 0.2) is 18.2 Å². The smallest absolute Gasteiger partial charge is 0.122 e. The van der Waals surface area contributed by atoms with Gasteiger partial charge in [-0.3, -0.25) is 0 Å². The lowest BCUT2D eigenvalue weighted by molar-refractivity contribution is 0.297. The van der Waals surface area contributed by atoms with Gasteiger partial charge in [0.05, 0.1) is 13.2 Å². The molecule has 1 aromatic carbocycles. The van der Waals surface area contributed by atoms with Crippen molar-refractivity contribution < 1.29 is 9.47 Å². The van der Waals surface area contributed by atoms with Crippen molar-refractivity contribution in [2.45, 2.75) is 65.2 Å². The van der Waals surface area contributed by atoms with Crippen molar-refractivity contribution in [1.82, 2.24) is 0 Å². The monoisotopic (exact) mass is 290 g/mol. The quantitative estimate of drug-likeness (QED) is 0.727. The van der Waals surface area contributed by atoms with E-state index >= 15 is 0 Å². The topological polar surface area (TPSA) is 18.5 Å². The third kappa shape index (κ3) is 5.99. The highest BCUT2D eigenvalue weighted by Gasteiger charge is 2.09. The highest BCUT2D eigenvalue weighted by molar-refractivity contribution is 5.40. The fourth-order valence-electron chi connectivity index (χ4n) is 2.85. The molecule has 0 N–H and O–H groups in total. The van der Waals surface area contributed by atoms with Crippen molar-refractivity contribution in [2.24, 2.45) is 5.92 Å². The highest BCUT2D eigenvalue weighted by Crippen LogP contribution is 2.27. The first-order valence-electron chi connectivity index (χ1n) is 8.64. The Bertz CT molecular complexity index is 412. The Morgan fingerprint density at radius 3 is 2.14 bits per heavy atom. The molecule has 0 aromatic heterocycles. The Morgan fingerprint density at radius 1 is 0.857 bits per heavy atom. The minimum atomic E-state index is 0.629. The van der Waals surface area contributed by atoms with Crippen LogP contribution in [-0.4, -0.2) is 13.2 Å². The summed E-state index contributed by atoms with van der Waals surface area (Å²) in [5.41, 5.74) is 1.29. The van der Waals surface area contributed by atoms with E-state index in [1.165, 1.54) is 44.1 Å². The van der Waals surface area contributed by atoms with E-state index in [1.807, 2.05) is 0 Å². The second-order valence-electron chi connectivity index (χ2n) is 6.54. The second-order valence-corrected chi connectivity index (χ2v) is 6.54. The van der Waals surface area contributed by atoms with Crippen LogP contribution in [0.5, 0.6) is 11.5 Å². The molecule has 2 aliphatic heterocycles. The molecule has 2 heterocycles. The predicted octanol–water partition coefficient (Wildman–Crippen LogP) is 5.39. The van der Waals surface area contributed by atoms with Gasteiger partial charge in [-0.1, -0.05) is 46.0 Å². The van der Waals surface area contributed by atoms with Gasteiger partial charge in [-0.2, -0.15) is 0 Å². The molecule has 2 heteroatoms. The Labute approximate surface area is 129 Å². The van der Waals surface area contributed by atoms with Gasteiger partial charge < -0.3 is 9.47 Å². The first-order valence-corrected chi connectivity index (χ1v) is 8.64. The minimum Gasteiger partial charge on any atom is -0.494 e. The molecule has 0 spiro atoms. The van der Waals surface area contributed by atoms with Crippen molar-refractivity contribution in [3.05, 3.63) is 23.8 Å². The van der Waals surface area contributed by atoms with Gasteiger partial charge in [-0.05, 0) is 48.9 Å². The molecule has 0 atom stereocenters. The van der Waals surface area contributed by atoms with Crippen LogP contribution in [0.3, 0.4) is 0 Å². The molecule has 21 heavy (non-hydrogen) atoms. The first-order chi connectivity index (χ1) is 10.3. The van der Waals surface area contributed by atoms with Crippen molar-refractivity contribution >= 4 is 0 Å². The lowest BCUT2D eigenvalue weighted by Gasteiger charge is -2.15. The molecule has 0 unspecified atom stereocenters. The lowest BCUT2D eigenvalue weighted by atomic mass is 10.0. The molecule has 0 radical (unpaired) electrons. The summed E-state index contributed by atoms with van der Waals surface area (Å²) in [5.74, 6) is 2.67. The maximum atomic E-state index is 6.01. The molecule has 1 aromatic rings. The van der Waals surface area contributed by atoms with E-state index < -0.39 is 0 Å². The SMILES string of the molecule is CC(C)Cc1cc2ccc1OCCCCCCCCCO2. The van der Waals surface area contributed by atoms with E-state index in [2.05, 4.69) is 32.0 Å². The van der Waals surface area contributed by atoms with Crippen LogP contribution in [0.25, 0.3) is 0 Å². The molecule has 0 fully saturated rings. The van der Waals surface area contributed by atoms with Gasteiger partial charge in [0.15, 0.2) is 0 Å². The zero-order valence-corrected chi connectivity index (χ0v) is 13.7. The lowest BCUT2D eigenvalue weighted by Crippen LogP contribution is -2.04. The summed E-state index contributed by atoms with van der Waals surface area (Å²) in [6.45, 7) is 6.17. The number of rotatable bonds is 2. The molecule has 0 aliphatic carbocycles. The average molecular weight is 290 g/mol. The van der Waals surface area contributed by atoms with Gasteiger partial charge in [0.1, 0.15) is 11.5 Å². The maximum Gasteiger partial charge on any atom is 0.122 e. The Kier molecular flexibility index (Phi) is 6.91. The molecule has 0 saturated carbocycles. The molecule has 0 amide bonds. The maximum absolute atomic E-state index is 6.01. The van der Waals surface area contributed by atoms with Gasteiger partial charge >= 0.3 is 0 Å². The summed E-state index contributed by atoms with van der Waals surface area (Å²) < 4.78 is 11.9. The summed E-state index contributed by atoms with van der Waals surface area (Å²) in [5, 5.41) is 0. The van der Waals surface area contributed by atoms with Crippen molar-refractivity contribution in [2.75, 3.05) is 13.2 Å². The zero-order valence-electron chi connectivity index (χ0n) is 13.7. The average Bonchev–Trinajstić information content (AvgIpc) is 2.46. The number of hydrogen-bond donors (Lipinski definition) is 0. The summed E-state index contributed by atoms with van der Waals surface area (Å²) in [7, 11) is 0. The molecule has 2 aliphatic rings. The fourth-order valence-corrected chi connectivity index (χ4v) is 2.85. The number of fused-ring (bicyclic) bond motifs is 12. The highest BCUT2D eigenvalue weighted by atomic mass is 16.5. The summed E-state index contributed by atoms with van der Waals surface area (Å²) in [6.07, 6.45) is 9.97. The molecule has 2 bridgehead atoms. The standard InChI is InChI=1S/C19H30O2/c1-16(2)14-17-15-18-10-11-19(17)21-13-9-7-5-3-4-6-8-12-20-18/h10-11,15-16H,3-9,12-14H2,1-2H3. The van der Waals surface area contributed by atoms with Crippen LogP contribution in [0.2, 0.25) is 0 Å². The van der Waals surface area contributed by atoms with Crippen LogP contribution < -0.4 is 9.47 Å². The van der Waals surface area contributed by atoms with E-state index in [1.54, 1.807) is 0 Å². The zero-order chi connectivity index (χ0) is 14.9. The predicted molar refractivity (Wildman–Crippen MR) is 88.3 cm³/mol. The summed E-state index contributed by atoms with van der Waals surface area (Å²) in [4.78, 5) is 0. The van der Waals surface area contributed by atoms with E-state index in [-0.39, 0.29) is 0 Å². The van der Waals surface area contributed by atoms with Gasteiger partial charge in [-0.15, -0.1) is 0 Å². The molecule has 0 saturated heterocycles. The molecular formula is C19H30O2. The van der Waals surface area contributed by atoms with Gasteiger partial charge in [0.25, 0.3) is 0 Å². The van der Waals surface area contributed by atoms with Gasteiger partial charge in [-0.25, -0.2) is 0 Å².